The minimum absolute atomic E-state index is 0.0440. The van der Waals surface area contributed by atoms with Crippen molar-refractivity contribution in [3.63, 3.8) is 0 Å². The van der Waals surface area contributed by atoms with Gasteiger partial charge in [-0.05, 0) is 68.6 Å². The van der Waals surface area contributed by atoms with E-state index in [2.05, 4.69) is 49.7 Å². The number of likely N-dealkylation sites (tertiary alicyclic amines) is 1. The van der Waals surface area contributed by atoms with Crippen LogP contribution in [0.25, 0.3) is 22.3 Å². The monoisotopic (exact) mass is 483 g/mol. The van der Waals surface area contributed by atoms with Crippen LogP contribution in [0.3, 0.4) is 0 Å². The summed E-state index contributed by atoms with van der Waals surface area (Å²) < 4.78 is 2.18. The molecular formula is C28H33N7O. The summed E-state index contributed by atoms with van der Waals surface area (Å²) in [5.74, 6) is 1.03. The molecule has 8 heteroatoms. The number of hydrogen-bond acceptors (Lipinski definition) is 6. The zero-order valence-corrected chi connectivity index (χ0v) is 21.4. The molecule has 1 aliphatic heterocycles. The van der Waals surface area contributed by atoms with Gasteiger partial charge in [0.15, 0.2) is 0 Å². The van der Waals surface area contributed by atoms with Crippen LogP contribution in [-0.2, 0) is 13.6 Å². The van der Waals surface area contributed by atoms with E-state index in [1.807, 2.05) is 31.3 Å². The van der Waals surface area contributed by atoms with Gasteiger partial charge in [0, 0.05) is 56.1 Å². The standard InChI is InChI=1S/C28H33N7O/c1-18-26(29)31-16-25(32-18)23-9-12-30-27-24(23)15-22(34(27)4)17-35-13-10-20(11-14-35)19-5-7-21(8-6-19)28(36)33(2)3/h5-9,12,15-16,20H,10-11,13-14,17H2,1-4H3,(H2,29,31). The zero-order valence-electron chi connectivity index (χ0n) is 21.4. The zero-order chi connectivity index (χ0) is 25.4. The Morgan fingerprint density at radius 1 is 1.11 bits per heavy atom. The van der Waals surface area contributed by atoms with E-state index in [1.165, 1.54) is 11.3 Å². The topological polar surface area (TPSA) is 93.2 Å². The van der Waals surface area contributed by atoms with E-state index in [-0.39, 0.29) is 5.91 Å². The van der Waals surface area contributed by atoms with Gasteiger partial charge in [-0.15, -0.1) is 0 Å². The molecule has 1 saturated heterocycles. The van der Waals surface area contributed by atoms with Gasteiger partial charge in [0.1, 0.15) is 11.5 Å². The Morgan fingerprint density at radius 2 is 1.83 bits per heavy atom. The van der Waals surface area contributed by atoms with E-state index in [0.717, 1.165) is 66.0 Å². The molecule has 8 nitrogen and oxygen atoms in total. The molecule has 5 rings (SSSR count). The van der Waals surface area contributed by atoms with Gasteiger partial charge in [-0.1, -0.05) is 12.1 Å². The lowest BCUT2D eigenvalue weighted by Gasteiger charge is -2.32. The van der Waals surface area contributed by atoms with Crippen molar-refractivity contribution in [1.82, 2.24) is 29.3 Å². The second-order valence-electron chi connectivity index (χ2n) is 9.89. The quantitative estimate of drug-likeness (QED) is 0.461. The summed E-state index contributed by atoms with van der Waals surface area (Å²) >= 11 is 0. The van der Waals surface area contributed by atoms with Gasteiger partial charge >= 0.3 is 0 Å². The number of nitrogens with zero attached hydrogens (tertiary/aromatic N) is 6. The predicted octanol–water partition coefficient (Wildman–Crippen LogP) is 4.00. The van der Waals surface area contributed by atoms with Gasteiger partial charge in [0.25, 0.3) is 5.91 Å². The van der Waals surface area contributed by atoms with E-state index in [1.54, 1.807) is 25.2 Å². The first-order chi connectivity index (χ1) is 17.3. The maximum absolute atomic E-state index is 12.2. The van der Waals surface area contributed by atoms with E-state index < -0.39 is 0 Å². The molecule has 4 heterocycles. The molecule has 1 fully saturated rings. The van der Waals surface area contributed by atoms with Crippen LogP contribution in [0.1, 0.15) is 46.1 Å². The Labute approximate surface area is 211 Å². The molecule has 0 saturated carbocycles. The average Bonchev–Trinajstić information content (AvgIpc) is 3.21. The van der Waals surface area contributed by atoms with E-state index in [4.69, 9.17) is 5.73 Å². The Balaban J connectivity index is 1.29. The SMILES string of the molecule is Cc1nc(-c2ccnc3c2cc(CN2CCC(c4ccc(C(=O)N(C)C)cc4)CC2)n3C)cnc1N. The number of anilines is 1. The Kier molecular flexibility index (Phi) is 6.45. The van der Waals surface area contributed by atoms with Crippen LogP contribution in [-0.4, -0.2) is 62.4 Å². The number of aryl methyl sites for hydroxylation is 2. The molecule has 1 aliphatic rings. The molecule has 0 unspecified atom stereocenters. The molecule has 0 atom stereocenters. The molecule has 0 spiro atoms. The number of carbonyl (C=O) groups excluding carboxylic acids is 1. The van der Waals surface area contributed by atoms with Crippen LogP contribution in [0, 0.1) is 6.92 Å². The third-order valence-electron chi connectivity index (χ3n) is 7.30. The summed E-state index contributed by atoms with van der Waals surface area (Å²) in [6.45, 7) is 4.82. The van der Waals surface area contributed by atoms with Crippen molar-refractivity contribution in [2.45, 2.75) is 32.2 Å². The van der Waals surface area contributed by atoms with Crippen LogP contribution in [0.15, 0.2) is 48.8 Å². The van der Waals surface area contributed by atoms with E-state index in [9.17, 15) is 4.79 Å². The number of hydrogen-bond donors (Lipinski definition) is 1. The molecular weight excluding hydrogens is 450 g/mol. The highest BCUT2D eigenvalue weighted by Gasteiger charge is 2.23. The van der Waals surface area contributed by atoms with Gasteiger partial charge in [-0.3, -0.25) is 9.69 Å². The van der Waals surface area contributed by atoms with E-state index in [0.29, 0.717) is 11.7 Å². The van der Waals surface area contributed by atoms with Crippen LogP contribution < -0.4 is 5.73 Å². The van der Waals surface area contributed by atoms with Gasteiger partial charge in [-0.25, -0.2) is 15.0 Å². The molecule has 3 aromatic heterocycles. The number of rotatable bonds is 5. The summed E-state index contributed by atoms with van der Waals surface area (Å²) in [6.07, 6.45) is 5.78. The molecule has 1 amide bonds. The van der Waals surface area contributed by atoms with Gasteiger partial charge in [-0.2, -0.15) is 0 Å². The molecule has 4 aromatic rings. The highest BCUT2D eigenvalue weighted by atomic mass is 16.2. The van der Waals surface area contributed by atoms with Crippen molar-refractivity contribution in [2.24, 2.45) is 7.05 Å². The van der Waals surface area contributed by atoms with Crippen LogP contribution in [0.5, 0.6) is 0 Å². The number of fused-ring (bicyclic) bond motifs is 1. The largest absolute Gasteiger partial charge is 0.382 e. The number of carbonyl (C=O) groups is 1. The molecule has 0 aliphatic carbocycles. The molecule has 1 aromatic carbocycles. The highest BCUT2D eigenvalue weighted by molar-refractivity contribution is 5.94. The van der Waals surface area contributed by atoms with Crippen molar-refractivity contribution in [2.75, 3.05) is 32.9 Å². The normalized spacial score (nSPS) is 14.9. The van der Waals surface area contributed by atoms with Gasteiger partial charge in [0.05, 0.1) is 17.6 Å². The van der Waals surface area contributed by atoms with Crippen molar-refractivity contribution in [3.8, 4) is 11.3 Å². The number of piperidine rings is 1. The average molecular weight is 484 g/mol. The molecule has 186 valence electrons. The number of nitrogens with two attached hydrogens (primary N) is 1. The van der Waals surface area contributed by atoms with Crippen LogP contribution in [0.2, 0.25) is 0 Å². The highest BCUT2D eigenvalue weighted by Crippen LogP contribution is 2.32. The Bertz CT molecular complexity index is 1400. The number of aromatic nitrogens is 4. The smallest absolute Gasteiger partial charge is 0.253 e. The molecule has 2 N–H and O–H groups in total. The first kappa shape index (κ1) is 23.9. The number of pyridine rings is 1. The van der Waals surface area contributed by atoms with E-state index >= 15 is 0 Å². The predicted molar refractivity (Wildman–Crippen MR) is 143 cm³/mol. The summed E-state index contributed by atoms with van der Waals surface area (Å²) in [4.78, 5) is 29.9. The Hall–Kier alpha value is -3.78. The molecule has 36 heavy (non-hydrogen) atoms. The number of benzene rings is 1. The number of nitrogen functional groups attached to an aromatic ring is 1. The van der Waals surface area contributed by atoms with Gasteiger partial charge in [0.2, 0.25) is 0 Å². The minimum Gasteiger partial charge on any atom is -0.382 e. The van der Waals surface area contributed by atoms with Crippen molar-refractivity contribution >= 4 is 22.8 Å². The second kappa shape index (κ2) is 9.70. The first-order valence-corrected chi connectivity index (χ1v) is 12.4. The van der Waals surface area contributed by atoms with Gasteiger partial charge < -0.3 is 15.2 Å². The fourth-order valence-electron chi connectivity index (χ4n) is 5.08. The Morgan fingerprint density at radius 3 is 2.50 bits per heavy atom. The molecule has 0 radical (unpaired) electrons. The fraction of sp³-hybridized carbons (Fsp3) is 0.357. The summed E-state index contributed by atoms with van der Waals surface area (Å²) in [6, 6.07) is 12.4. The van der Waals surface area contributed by atoms with Crippen molar-refractivity contribution in [3.05, 3.63) is 71.3 Å². The molecule has 0 bridgehead atoms. The third kappa shape index (κ3) is 4.56. The lowest BCUT2D eigenvalue weighted by atomic mass is 9.89. The maximum atomic E-state index is 12.2. The van der Waals surface area contributed by atoms with Crippen LogP contribution >= 0.6 is 0 Å². The maximum Gasteiger partial charge on any atom is 0.253 e. The lowest BCUT2D eigenvalue weighted by Crippen LogP contribution is -2.33. The summed E-state index contributed by atoms with van der Waals surface area (Å²) in [5, 5.41) is 1.08. The summed E-state index contributed by atoms with van der Waals surface area (Å²) in [5.41, 5.74) is 12.7. The van der Waals surface area contributed by atoms with Crippen molar-refractivity contribution < 1.29 is 4.79 Å². The lowest BCUT2D eigenvalue weighted by molar-refractivity contribution is 0.0827. The fourth-order valence-corrected chi connectivity index (χ4v) is 5.08. The summed E-state index contributed by atoms with van der Waals surface area (Å²) in [7, 11) is 5.65. The minimum atomic E-state index is 0.0440. The third-order valence-corrected chi connectivity index (χ3v) is 7.30. The van der Waals surface area contributed by atoms with Crippen LogP contribution in [0.4, 0.5) is 5.82 Å². The number of amides is 1. The second-order valence-corrected chi connectivity index (χ2v) is 9.89. The first-order valence-electron chi connectivity index (χ1n) is 12.4. The van der Waals surface area contributed by atoms with Crippen molar-refractivity contribution in [1.29, 1.82) is 0 Å².